The van der Waals surface area contributed by atoms with Crippen LogP contribution in [0.4, 0.5) is 4.79 Å². The van der Waals surface area contributed by atoms with Crippen LogP contribution in [-0.4, -0.2) is 50.7 Å². The second-order valence-corrected chi connectivity index (χ2v) is 9.75. The van der Waals surface area contributed by atoms with E-state index in [0.29, 0.717) is 18.0 Å². The number of carbonyl (C=O) groups excluding carboxylic acids is 1. The molecule has 0 bridgehead atoms. The van der Waals surface area contributed by atoms with Crippen molar-refractivity contribution in [2.75, 3.05) is 20.1 Å². The molecule has 2 amide bonds. The van der Waals surface area contributed by atoms with Crippen LogP contribution in [0.15, 0.2) is 0 Å². The third-order valence-corrected chi connectivity index (χ3v) is 7.19. The molecular weight excluding hydrogens is 364 g/mol. The van der Waals surface area contributed by atoms with E-state index in [9.17, 15) is 4.79 Å². The zero-order valence-corrected chi connectivity index (χ0v) is 18.7. The molecule has 7 heteroatoms. The van der Waals surface area contributed by atoms with Crippen molar-refractivity contribution in [3.63, 3.8) is 0 Å². The van der Waals surface area contributed by atoms with Gasteiger partial charge in [0.05, 0.1) is 6.17 Å². The van der Waals surface area contributed by atoms with Crippen LogP contribution in [0.5, 0.6) is 0 Å². The molecule has 1 heterocycles. The first-order valence-corrected chi connectivity index (χ1v) is 12.0. The Morgan fingerprint density at radius 2 is 1.76 bits per heavy atom. The van der Waals surface area contributed by atoms with Gasteiger partial charge < -0.3 is 21.3 Å². The van der Waals surface area contributed by atoms with E-state index in [-0.39, 0.29) is 18.5 Å². The molecule has 0 aromatic carbocycles. The molecule has 0 aromatic heterocycles. The van der Waals surface area contributed by atoms with Crippen molar-refractivity contribution in [3.05, 3.63) is 0 Å². The van der Waals surface area contributed by atoms with E-state index in [2.05, 4.69) is 45.7 Å². The fourth-order valence-electron chi connectivity index (χ4n) is 5.45. The molecule has 3 rings (SSSR count). The Kier molecular flexibility index (Phi) is 9.03. The van der Waals surface area contributed by atoms with Gasteiger partial charge in [-0.15, -0.1) is 0 Å². The zero-order valence-electron chi connectivity index (χ0n) is 18.7. The van der Waals surface area contributed by atoms with Gasteiger partial charge in [-0.3, -0.25) is 10.6 Å². The highest BCUT2D eigenvalue weighted by Crippen LogP contribution is 2.40. The molecule has 0 radical (unpaired) electrons. The molecule has 6 N–H and O–H groups in total. The smallest absolute Gasteiger partial charge is 0.317 e. The van der Waals surface area contributed by atoms with Gasteiger partial charge in [0.25, 0.3) is 0 Å². The normalized spacial score (nSPS) is 35.2. The average molecular weight is 409 g/mol. The predicted molar refractivity (Wildman–Crippen MR) is 118 cm³/mol. The second-order valence-electron chi connectivity index (χ2n) is 9.75. The van der Waals surface area contributed by atoms with Crippen molar-refractivity contribution in [1.82, 2.24) is 31.9 Å². The number of nitrogens with one attached hydrogen (secondary N) is 6. The minimum atomic E-state index is -0.205. The van der Waals surface area contributed by atoms with Gasteiger partial charge in [-0.1, -0.05) is 39.5 Å². The van der Waals surface area contributed by atoms with Crippen LogP contribution in [0.3, 0.4) is 0 Å². The Morgan fingerprint density at radius 1 is 0.966 bits per heavy atom. The summed E-state index contributed by atoms with van der Waals surface area (Å²) in [6.07, 6.45) is 11.2. The molecule has 29 heavy (non-hydrogen) atoms. The van der Waals surface area contributed by atoms with Crippen molar-refractivity contribution in [2.24, 2.45) is 17.8 Å². The molecule has 0 aromatic rings. The number of carbonyl (C=O) groups is 1. The van der Waals surface area contributed by atoms with Crippen LogP contribution in [-0.2, 0) is 0 Å². The van der Waals surface area contributed by atoms with E-state index in [4.69, 9.17) is 0 Å². The molecule has 3 fully saturated rings. The highest BCUT2D eigenvalue weighted by atomic mass is 16.2. The van der Waals surface area contributed by atoms with Crippen LogP contribution in [0.1, 0.15) is 71.6 Å². The molecule has 0 spiro atoms. The van der Waals surface area contributed by atoms with Gasteiger partial charge in [0.1, 0.15) is 6.29 Å². The number of rotatable bonds is 8. The first-order chi connectivity index (χ1) is 14.0. The van der Waals surface area contributed by atoms with E-state index in [1.807, 2.05) is 7.05 Å². The van der Waals surface area contributed by atoms with Crippen molar-refractivity contribution >= 4 is 6.03 Å². The maximum absolute atomic E-state index is 12.7. The summed E-state index contributed by atoms with van der Waals surface area (Å²) >= 11 is 0. The fourth-order valence-corrected chi connectivity index (χ4v) is 5.45. The summed E-state index contributed by atoms with van der Waals surface area (Å²) in [4.78, 5) is 12.7. The molecule has 3 aliphatic rings. The fraction of sp³-hybridized carbons (Fsp3) is 0.955. The number of hydrogen-bond acceptors (Lipinski definition) is 5. The van der Waals surface area contributed by atoms with Crippen LogP contribution < -0.4 is 31.9 Å². The van der Waals surface area contributed by atoms with E-state index >= 15 is 0 Å². The summed E-state index contributed by atoms with van der Waals surface area (Å²) < 4.78 is 0. The van der Waals surface area contributed by atoms with Crippen LogP contribution >= 0.6 is 0 Å². The van der Waals surface area contributed by atoms with Gasteiger partial charge in [-0.25, -0.2) is 4.79 Å². The molecule has 168 valence electrons. The van der Waals surface area contributed by atoms with E-state index in [1.54, 1.807) is 0 Å². The van der Waals surface area contributed by atoms with E-state index < -0.39 is 0 Å². The number of fused-ring (bicyclic) bond motifs is 1. The van der Waals surface area contributed by atoms with Crippen molar-refractivity contribution < 1.29 is 4.79 Å². The quantitative estimate of drug-likeness (QED) is 0.346. The Morgan fingerprint density at radius 3 is 2.52 bits per heavy atom. The number of hydrogen-bond donors (Lipinski definition) is 6. The van der Waals surface area contributed by atoms with Gasteiger partial charge in [-0.05, 0) is 70.0 Å². The van der Waals surface area contributed by atoms with Crippen LogP contribution in [0, 0.1) is 17.8 Å². The summed E-state index contributed by atoms with van der Waals surface area (Å²) in [5, 5.41) is 20.2. The lowest BCUT2D eigenvalue weighted by Gasteiger charge is -2.41. The standard InChI is InChI=1S/C22H44N6O/c1-15(2)19-14-20(24-12-6-11-23-3)27-21(26-19)28-22(29)25-18-10-9-16-7-4-5-8-17(16)13-18/h15-21,23-24,26-27H,4-14H2,1-3H3,(H2,25,28,29). The van der Waals surface area contributed by atoms with Crippen molar-refractivity contribution in [1.29, 1.82) is 0 Å². The maximum Gasteiger partial charge on any atom is 0.317 e. The lowest BCUT2D eigenvalue weighted by molar-refractivity contribution is 0.138. The molecule has 6 atom stereocenters. The third kappa shape index (κ3) is 7.09. The molecule has 7 nitrogen and oxygen atoms in total. The van der Waals surface area contributed by atoms with E-state index in [0.717, 1.165) is 50.6 Å². The molecule has 1 aliphatic heterocycles. The third-order valence-electron chi connectivity index (χ3n) is 7.19. The Hall–Kier alpha value is -0.890. The van der Waals surface area contributed by atoms with Gasteiger partial charge in [-0.2, -0.15) is 0 Å². The Bertz CT molecular complexity index is 502. The minimum absolute atomic E-state index is 0.0485. The second kappa shape index (κ2) is 11.5. The van der Waals surface area contributed by atoms with Crippen molar-refractivity contribution in [3.8, 4) is 0 Å². The Balaban J connectivity index is 1.44. The summed E-state index contributed by atoms with van der Waals surface area (Å²) in [5.41, 5.74) is 0. The Labute approximate surface area is 177 Å². The van der Waals surface area contributed by atoms with E-state index in [1.165, 1.54) is 32.1 Å². The number of urea groups is 1. The molecule has 6 unspecified atom stereocenters. The first kappa shape index (κ1) is 22.8. The highest BCUT2D eigenvalue weighted by molar-refractivity contribution is 5.74. The van der Waals surface area contributed by atoms with Gasteiger partial charge >= 0.3 is 6.03 Å². The van der Waals surface area contributed by atoms with Crippen molar-refractivity contribution in [2.45, 2.75) is 96.2 Å². The van der Waals surface area contributed by atoms with Gasteiger partial charge in [0.15, 0.2) is 0 Å². The average Bonchev–Trinajstić information content (AvgIpc) is 2.71. The maximum atomic E-state index is 12.7. The summed E-state index contributed by atoms with van der Waals surface area (Å²) in [5.74, 6) is 2.26. The predicted octanol–water partition coefficient (Wildman–Crippen LogP) is 2.06. The summed E-state index contributed by atoms with van der Waals surface area (Å²) in [6, 6.07) is 0.655. The molecule has 1 saturated heterocycles. The lowest BCUT2D eigenvalue weighted by atomic mass is 9.69. The monoisotopic (exact) mass is 408 g/mol. The van der Waals surface area contributed by atoms with Gasteiger partial charge in [0.2, 0.25) is 0 Å². The van der Waals surface area contributed by atoms with Crippen LogP contribution in [0.25, 0.3) is 0 Å². The topological polar surface area (TPSA) is 89.2 Å². The molecular formula is C22H44N6O. The zero-order chi connectivity index (χ0) is 20.6. The molecule has 2 saturated carbocycles. The SMILES string of the molecule is CNCCCNC1CC(C(C)C)NC(NC(=O)NC2CCC3CCCCC3C2)N1. The van der Waals surface area contributed by atoms with Gasteiger partial charge in [0, 0.05) is 12.1 Å². The molecule has 2 aliphatic carbocycles. The highest BCUT2D eigenvalue weighted by Gasteiger charge is 2.34. The summed E-state index contributed by atoms with van der Waals surface area (Å²) in [6.45, 7) is 6.45. The van der Waals surface area contributed by atoms with Crippen LogP contribution in [0.2, 0.25) is 0 Å². The minimum Gasteiger partial charge on any atom is -0.335 e. The lowest BCUT2D eigenvalue weighted by Crippen LogP contribution is -2.69. The summed E-state index contributed by atoms with van der Waals surface area (Å²) in [7, 11) is 1.98. The number of amides is 2. The largest absolute Gasteiger partial charge is 0.335 e. The first-order valence-electron chi connectivity index (χ1n) is 12.0.